The molecule has 0 saturated heterocycles. The molecule has 0 bridgehead atoms. The van der Waals surface area contributed by atoms with Crippen LogP contribution in [0, 0.1) is 0 Å². The third-order valence-corrected chi connectivity index (χ3v) is 6.89. The summed E-state index contributed by atoms with van der Waals surface area (Å²) >= 11 is 6.04. The van der Waals surface area contributed by atoms with Crippen molar-refractivity contribution < 1.29 is 19.1 Å². The molecule has 174 valence electrons. The average Bonchev–Trinajstić information content (AvgIpc) is 3.28. The number of aromatic nitrogens is 2. The second kappa shape index (κ2) is 7.99. The third kappa shape index (κ3) is 3.74. The van der Waals surface area contributed by atoms with Gasteiger partial charge >= 0.3 is 5.97 Å². The fraction of sp³-hybridized carbons (Fsp3) is 0.148. The van der Waals surface area contributed by atoms with Gasteiger partial charge in [-0.2, -0.15) is 0 Å². The number of halogens is 1. The summed E-state index contributed by atoms with van der Waals surface area (Å²) in [6, 6.07) is 18.0. The molecule has 3 aromatic carbocycles. The minimum Gasteiger partial charge on any atom is -0.478 e. The highest BCUT2D eigenvalue weighted by Gasteiger charge is 2.46. The van der Waals surface area contributed by atoms with Gasteiger partial charge in [-0.05, 0) is 60.4 Å². The van der Waals surface area contributed by atoms with Crippen LogP contribution in [-0.2, 0) is 12.1 Å². The van der Waals surface area contributed by atoms with Gasteiger partial charge in [0.1, 0.15) is 5.52 Å². The van der Waals surface area contributed by atoms with Crippen molar-refractivity contribution >= 4 is 45.5 Å². The van der Waals surface area contributed by atoms with E-state index in [1.165, 1.54) is 6.39 Å². The van der Waals surface area contributed by atoms with Gasteiger partial charge in [-0.25, -0.2) is 9.78 Å². The summed E-state index contributed by atoms with van der Waals surface area (Å²) in [5.74, 6) is -1.19. The molecule has 1 saturated carbocycles. The molecular weight excluding hydrogens is 466 g/mol. The van der Waals surface area contributed by atoms with Crippen LogP contribution in [0.1, 0.15) is 44.7 Å². The lowest BCUT2D eigenvalue weighted by molar-refractivity contribution is 0.0696. The second-order valence-electron chi connectivity index (χ2n) is 8.88. The fourth-order valence-corrected chi connectivity index (χ4v) is 4.76. The number of fused-ring (bicyclic) bond motifs is 3. The zero-order chi connectivity index (χ0) is 24.2. The first-order chi connectivity index (χ1) is 16.9. The van der Waals surface area contributed by atoms with Crippen LogP contribution >= 0.6 is 11.6 Å². The predicted molar refractivity (Wildman–Crippen MR) is 132 cm³/mol. The summed E-state index contributed by atoms with van der Waals surface area (Å²) in [7, 11) is 0. The van der Waals surface area contributed by atoms with E-state index in [0.29, 0.717) is 28.2 Å². The van der Waals surface area contributed by atoms with Crippen molar-refractivity contribution in [1.82, 2.24) is 14.9 Å². The SMILES string of the molecule is O=C(O)c1ccc(C2(NC(=O)c3cc4ncoc4c4ccn(Cc5ccc(Cl)cc5)c34)CC2)cc1. The first-order valence-corrected chi connectivity index (χ1v) is 11.6. The number of oxazole rings is 1. The standard InChI is InChI=1S/C27H20ClN3O4/c28-19-7-1-16(2-8-19)14-31-12-9-20-23(31)21(13-22-24(20)35-15-29-22)25(32)30-27(10-11-27)18-5-3-17(4-6-18)26(33)34/h1-9,12-13,15H,10-11,14H2,(H,30,32)(H,33,34). The number of hydrogen-bond donors (Lipinski definition) is 2. The maximum Gasteiger partial charge on any atom is 0.335 e. The van der Waals surface area contributed by atoms with E-state index in [1.54, 1.807) is 30.3 Å². The largest absolute Gasteiger partial charge is 0.478 e. The summed E-state index contributed by atoms with van der Waals surface area (Å²) in [5, 5.41) is 13.9. The molecule has 0 unspecified atom stereocenters. The molecule has 1 amide bonds. The van der Waals surface area contributed by atoms with E-state index in [4.69, 9.17) is 16.0 Å². The first-order valence-electron chi connectivity index (χ1n) is 11.2. The molecule has 1 aliphatic carbocycles. The van der Waals surface area contributed by atoms with Gasteiger partial charge in [-0.3, -0.25) is 4.79 Å². The summed E-state index contributed by atoms with van der Waals surface area (Å²) in [6.07, 6.45) is 4.89. The van der Waals surface area contributed by atoms with Crippen molar-refractivity contribution in [3.05, 3.63) is 101 Å². The Bertz CT molecular complexity index is 1600. The van der Waals surface area contributed by atoms with Gasteiger partial charge < -0.3 is 19.4 Å². The first kappa shape index (κ1) is 21.4. The monoisotopic (exact) mass is 485 g/mol. The number of benzene rings is 3. The number of hydrogen-bond acceptors (Lipinski definition) is 4. The van der Waals surface area contributed by atoms with Crippen molar-refractivity contribution in [2.24, 2.45) is 0 Å². The van der Waals surface area contributed by atoms with Crippen LogP contribution in [0.5, 0.6) is 0 Å². The zero-order valence-electron chi connectivity index (χ0n) is 18.5. The van der Waals surface area contributed by atoms with E-state index in [9.17, 15) is 14.7 Å². The number of aromatic carboxylic acids is 1. The van der Waals surface area contributed by atoms with Gasteiger partial charge in [0.2, 0.25) is 0 Å². The van der Waals surface area contributed by atoms with Crippen molar-refractivity contribution in [1.29, 1.82) is 0 Å². The fourth-order valence-electron chi connectivity index (χ4n) is 4.64. The molecule has 7 nitrogen and oxygen atoms in total. The Morgan fingerprint density at radius 3 is 2.51 bits per heavy atom. The normalized spacial score (nSPS) is 14.3. The van der Waals surface area contributed by atoms with Gasteiger partial charge in [0.05, 0.1) is 22.2 Å². The molecule has 6 rings (SSSR count). The summed E-state index contributed by atoms with van der Waals surface area (Å²) in [6.45, 7) is 0.558. The maximum atomic E-state index is 13.7. The van der Waals surface area contributed by atoms with Crippen molar-refractivity contribution in [3.8, 4) is 0 Å². The minimum atomic E-state index is -0.977. The average molecular weight is 486 g/mol. The second-order valence-corrected chi connectivity index (χ2v) is 9.31. The molecule has 2 aromatic heterocycles. The molecule has 35 heavy (non-hydrogen) atoms. The number of rotatable bonds is 6. The number of carboxylic acid groups (broad SMARTS) is 1. The summed E-state index contributed by atoms with van der Waals surface area (Å²) in [5.41, 5.74) is 4.17. The van der Waals surface area contributed by atoms with Gasteiger partial charge in [-0.1, -0.05) is 35.9 Å². The molecular formula is C27H20ClN3O4. The van der Waals surface area contributed by atoms with Crippen molar-refractivity contribution in [2.45, 2.75) is 24.9 Å². The summed E-state index contributed by atoms with van der Waals surface area (Å²) in [4.78, 5) is 29.2. The van der Waals surface area contributed by atoms with Crippen molar-refractivity contribution in [2.75, 3.05) is 0 Å². The highest BCUT2D eigenvalue weighted by atomic mass is 35.5. The van der Waals surface area contributed by atoms with Crippen LogP contribution < -0.4 is 5.32 Å². The van der Waals surface area contributed by atoms with Crippen LogP contribution in [0.15, 0.2) is 77.7 Å². The predicted octanol–water partition coefficient (Wildman–Crippen LogP) is 5.60. The minimum absolute atomic E-state index is 0.212. The van der Waals surface area contributed by atoms with Crippen LogP contribution in [0.25, 0.3) is 22.0 Å². The number of carboxylic acids is 1. The maximum absolute atomic E-state index is 13.7. The number of carbonyl (C=O) groups excluding carboxylic acids is 1. The Balaban J connectivity index is 1.39. The topological polar surface area (TPSA) is 97.4 Å². The van der Waals surface area contributed by atoms with E-state index in [1.807, 2.05) is 41.1 Å². The van der Waals surface area contributed by atoms with Gasteiger partial charge in [-0.15, -0.1) is 0 Å². The highest BCUT2D eigenvalue weighted by Crippen LogP contribution is 2.46. The molecule has 5 aromatic rings. The van der Waals surface area contributed by atoms with Crippen molar-refractivity contribution in [3.63, 3.8) is 0 Å². The Morgan fingerprint density at radius 2 is 1.83 bits per heavy atom. The number of nitrogens with zero attached hydrogens (tertiary/aromatic N) is 2. The Labute approximate surface area is 204 Å². The molecule has 0 spiro atoms. The van der Waals surface area contributed by atoms with E-state index in [0.717, 1.165) is 34.9 Å². The molecule has 8 heteroatoms. The van der Waals surface area contributed by atoms with Crippen LogP contribution in [0.2, 0.25) is 5.02 Å². The van der Waals surface area contributed by atoms with Crippen LogP contribution in [0.4, 0.5) is 0 Å². The van der Waals surface area contributed by atoms with Crippen LogP contribution in [0.3, 0.4) is 0 Å². The van der Waals surface area contributed by atoms with E-state index in [-0.39, 0.29) is 11.5 Å². The number of nitrogens with one attached hydrogen (secondary N) is 1. The molecule has 1 aliphatic rings. The molecule has 2 N–H and O–H groups in total. The molecule has 0 atom stereocenters. The Morgan fingerprint density at radius 1 is 1.09 bits per heavy atom. The van der Waals surface area contributed by atoms with Gasteiger partial charge in [0.25, 0.3) is 5.91 Å². The van der Waals surface area contributed by atoms with E-state index >= 15 is 0 Å². The third-order valence-electron chi connectivity index (χ3n) is 6.64. The number of amides is 1. The smallest absolute Gasteiger partial charge is 0.335 e. The number of carbonyl (C=O) groups is 2. The van der Waals surface area contributed by atoms with Gasteiger partial charge in [0.15, 0.2) is 12.0 Å². The zero-order valence-corrected chi connectivity index (χ0v) is 19.2. The molecule has 0 aliphatic heterocycles. The van der Waals surface area contributed by atoms with E-state index in [2.05, 4.69) is 10.3 Å². The van der Waals surface area contributed by atoms with E-state index < -0.39 is 11.5 Å². The molecule has 2 heterocycles. The lowest BCUT2D eigenvalue weighted by atomic mass is 10.0. The Hall–Kier alpha value is -4.10. The molecule has 1 fully saturated rings. The van der Waals surface area contributed by atoms with Crippen LogP contribution in [-0.4, -0.2) is 26.5 Å². The lowest BCUT2D eigenvalue weighted by Gasteiger charge is -2.19. The highest BCUT2D eigenvalue weighted by molar-refractivity contribution is 6.30. The lowest BCUT2D eigenvalue weighted by Crippen LogP contribution is -2.35. The molecule has 0 radical (unpaired) electrons. The summed E-state index contributed by atoms with van der Waals surface area (Å²) < 4.78 is 7.66. The van der Waals surface area contributed by atoms with Gasteiger partial charge in [0, 0.05) is 23.2 Å². The Kier molecular flexibility index (Phi) is 4.89. The quantitative estimate of drug-likeness (QED) is 0.326.